The number of piperidine rings is 1. The molecule has 0 radical (unpaired) electrons. The number of amides is 1. The summed E-state index contributed by atoms with van der Waals surface area (Å²) in [5.41, 5.74) is 7.23. The summed E-state index contributed by atoms with van der Waals surface area (Å²) in [5, 5.41) is 12.1. The Morgan fingerprint density at radius 2 is 2.03 bits per heavy atom. The van der Waals surface area contributed by atoms with Crippen molar-refractivity contribution in [3.8, 4) is 29.1 Å². The summed E-state index contributed by atoms with van der Waals surface area (Å²) in [6.07, 6.45) is 8.58. The third kappa shape index (κ3) is 6.17. The number of aromatic nitrogens is 6. The van der Waals surface area contributed by atoms with Gasteiger partial charge in [-0.25, -0.2) is 9.97 Å². The maximum absolute atomic E-state index is 12.5. The van der Waals surface area contributed by atoms with E-state index in [1.807, 2.05) is 35.7 Å². The van der Waals surface area contributed by atoms with Gasteiger partial charge in [0.25, 0.3) is 5.91 Å². The molecule has 13 heteroatoms. The molecule has 1 aliphatic heterocycles. The van der Waals surface area contributed by atoms with Crippen molar-refractivity contribution in [2.24, 2.45) is 18.4 Å². The number of anilines is 2. The van der Waals surface area contributed by atoms with Crippen LogP contribution in [-0.4, -0.2) is 68.2 Å². The Hall–Kier alpha value is -4.47. The lowest BCUT2D eigenvalue weighted by atomic mass is 9.98. The van der Waals surface area contributed by atoms with Crippen LogP contribution in [0, 0.1) is 22.7 Å². The number of carbonyl (C=O) groups is 1. The highest BCUT2D eigenvalue weighted by Gasteiger charge is 2.44. The smallest absolute Gasteiger partial charge is 0.322 e. The monoisotopic (exact) mass is 532 g/mol. The molecule has 0 atom stereocenters. The van der Waals surface area contributed by atoms with Crippen LogP contribution in [0.3, 0.4) is 0 Å². The standard InChI is InChI=1S/C26H32N10O3/c1-3-29-23(37)22-32-24(34-25(33-22)39-15-26(14-27)6-7-26)36-8-4-17(5-9-36)13-38-20-10-18(11-30-21(20)28)19-12-35(2)16-31-19/h10-12,16-17H,3-9,13,15H2,1-2H3,(H2,28,30)(H,29,37). The zero-order valence-corrected chi connectivity index (χ0v) is 22.1. The molecule has 39 heavy (non-hydrogen) atoms. The van der Waals surface area contributed by atoms with E-state index < -0.39 is 11.3 Å². The number of hydrogen-bond donors (Lipinski definition) is 2. The Balaban J connectivity index is 1.21. The molecular weight excluding hydrogens is 500 g/mol. The number of imidazole rings is 1. The second-order valence-electron chi connectivity index (χ2n) is 10.1. The fourth-order valence-electron chi connectivity index (χ4n) is 4.31. The van der Waals surface area contributed by atoms with Crippen LogP contribution in [-0.2, 0) is 7.05 Å². The quantitative estimate of drug-likeness (QED) is 0.391. The van der Waals surface area contributed by atoms with Crippen LogP contribution >= 0.6 is 0 Å². The topological polar surface area (TPSA) is 170 Å². The molecule has 0 spiro atoms. The SMILES string of the molecule is CCNC(=O)c1nc(OCC2(C#N)CC2)nc(N2CCC(COc3cc(-c4cn(C)cn4)cnc3N)CC2)n1. The van der Waals surface area contributed by atoms with Gasteiger partial charge in [0.05, 0.1) is 30.1 Å². The van der Waals surface area contributed by atoms with Crippen LogP contribution in [0.5, 0.6) is 11.8 Å². The summed E-state index contributed by atoms with van der Waals surface area (Å²) in [6, 6.07) is 4.22. The molecule has 1 saturated carbocycles. The van der Waals surface area contributed by atoms with Crippen LogP contribution < -0.4 is 25.4 Å². The molecule has 1 amide bonds. The van der Waals surface area contributed by atoms with Crippen LogP contribution in [0.1, 0.15) is 43.2 Å². The van der Waals surface area contributed by atoms with Crippen molar-refractivity contribution in [2.75, 3.05) is 43.5 Å². The maximum Gasteiger partial charge on any atom is 0.322 e. The van der Waals surface area contributed by atoms with E-state index in [9.17, 15) is 10.1 Å². The number of hydrogen-bond acceptors (Lipinski definition) is 11. The van der Waals surface area contributed by atoms with Crippen LogP contribution in [0.25, 0.3) is 11.3 Å². The van der Waals surface area contributed by atoms with Crippen LogP contribution in [0.15, 0.2) is 24.8 Å². The van der Waals surface area contributed by atoms with Gasteiger partial charge < -0.3 is 30.0 Å². The van der Waals surface area contributed by atoms with Gasteiger partial charge >= 0.3 is 6.01 Å². The number of ether oxygens (including phenoxy) is 2. The van der Waals surface area contributed by atoms with Crippen LogP contribution in [0.2, 0.25) is 0 Å². The zero-order chi connectivity index (χ0) is 27.4. The summed E-state index contributed by atoms with van der Waals surface area (Å²) in [4.78, 5) is 36.2. The van der Waals surface area contributed by atoms with E-state index in [1.165, 1.54) is 0 Å². The van der Waals surface area contributed by atoms with Crippen LogP contribution in [0.4, 0.5) is 11.8 Å². The van der Waals surface area contributed by atoms with Gasteiger partial charge in [0, 0.05) is 44.6 Å². The normalized spacial score (nSPS) is 16.4. The van der Waals surface area contributed by atoms with Gasteiger partial charge in [0.15, 0.2) is 11.6 Å². The van der Waals surface area contributed by atoms with E-state index in [0.717, 1.165) is 36.9 Å². The first kappa shape index (κ1) is 26.1. The van der Waals surface area contributed by atoms with Crippen molar-refractivity contribution in [2.45, 2.75) is 32.6 Å². The molecular formula is C26H32N10O3. The number of nitrogens with two attached hydrogens (primary N) is 1. The Bertz CT molecular complexity index is 1370. The maximum atomic E-state index is 12.5. The third-order valence-electron chi connectivity index (χ3n) is 6.97. The minimum Gasteiger partial charge on any atom is -0.489 e. The molecule has 3 aromatic heterocycles. The van der Waals surface area contributed by atoms with Gasteiger partial charge in [0.2, 0.25) is 11.8 Å². The van der Waals surface area contributed by atoms with E-state index in [4.69, 9.17) is 15.2 Å². The molecule has 4 heterocycles. The lowest BCUT2D eigenvalue weighted by molar-refractivity contribution is 0.0943. The average molecular weight is 533 g/mol. The molecule has 5 rings (SSSR count). The zero-order valence-electron chi connectivity index (χ0n) is 22.1. The lowest BCUT2D eigenvalue weighted by Gasteiger charge is -2.32. The van der Waals surface area contributed by atoms with Crippen molar-refractivity contribution in [1.29, 1.82) is 5.26 Å². The molecule has 1 saturated heterocycles. The highest BCUT2D eigenvalue weighted by atomic mass is 16.5. The summed E-state index contributed by atoms with van der Waals surface area (Å²) in [7, 11) is 1.91. The number of nitrogen functional groups attached to an aromatic ring is 1. The Kier molecular flexibility index (Phi) is 7.44. The Morgan fingerprint density at radius 3 is 2.69 bits per heavy atom. The van der Waals surface area contributed by atoms with Crippen molar-refractivity contribution in [1.82, 2.24) is 34.8 Å². The van der Waals surface area contributed by atoms with E-state index in [0.29, 0.717) is 49.7 Å². The summed E-state index contributed by atoms with van der Waals surface area (Å²) in [6.45, 7) is 4.32. The number of nitrogens with one attached hydrogen (secondary N) is 1. The summed E-state index contributed by atoms with van der Waals surface area (Å²) >= 11 is 0. The molecule has 0 unspecified atom stereocenters. The second kappa shape index (κ2) is 11.1. The van der Waals surface area contributed by atoms with Crippen molar-refractivity contribution in [3.05, 3.63) is 30.6 Å². The van der Waals surface area contributed by atoms with E-state index in [2.05, 4.69) is 36.3 Å². The molecule has 204 valence electrons. The van der Waals surface area contributed by atoms with Gasteiger partial charge in [-0.05, 0) is 44.6 Å². The van der Waals surface area contributed by atoms with Gasteiger partial charge in [-0.2, -0.15) is 20.2 Å². The molecule has 1 aliphatic carbocycles. The highest BCUT2D eigenvalue weighted by Crippen LogP contribution is 2.44. The minimum absolute atomic E-state index is 0.000116. The third-order valence-corrected chi connectivity index (χ3v) is 6.97. The number of carbonyl (C=O) groups excluding carboxylic acids is 1. The van der Waals surface area contributed by atoms with E-state index in [1.54, 1.807) is 12.5 Å². The van der Waals surface area contributed by atoms with E-state index >= 15 is 0 Å². The average Bonchev–Trinajstić information content (AvgIpc) is 3.62. The predicted octanol–water partition coefficient (Wildman–Crippen LogP) is 1.98. The molecule has 2 fully saturated rings. The Morgan fingerprint density at radius 1 is 1.23 bits per heavy atom. The van der Waals surface area contributed by atoms with Crippen molar-refractivity contribution in [3.63, 3.8) is 0 Å². The van der Waals surface area contributed by atoms with Gasteiger partial charge in [0.1, 0.15) is 6.61 Å². The number of pyridine rings is 1. The van der Waals surface area contributed by atoms with Crippen molar-refractivity contribution >= 4 is 17.7 Å². The number of aryl methyl sites for hydroxylation is 1. The molecule has 0 aromatic carbocycles. The van der Waals surface area contributed by atoms with Gasteiger partial charge in [-0.15, -0.1) is 0 Å². The second-order valence-corrected chi connectivity index (χ2v) is 10.1. The molecule has 13 nitrogen and oxygen atoms in total. The Labute approximate surface area is 226 Å². The number of nitriles is 1. The molecule has 3 aromatic rings. The molecule has 0 bridgehead atoms. The fourth-order valence-corrected chi connectivity index (χ4v) is 4.31. The number of nitrogens with zero attached hydrogens (tertiary/aromatic N) is 8. The van der Waals surface area contributed by atoms with Gasteiger partial charge in [-0.1, -0.05) is 0 Å². The summed E-state index contributed by atoms with van der Waals surface area (Å²) in [5.74, 6) is 1.17. The highest BCUT2D eigenvalue weighted by molar-refractivity contribution is 5.90. The first-order chi connectivity index (χ1) is 18.9. The van der Waals surface area contributed by atoms with E-state index in [-0.39, 0.29) is 18.4 Å². The first-order valence-corrected chi connectivity index (χ1v) is 13.1. The van der Waals surface area contributed by atoms with Crippen molar-refractivity contribution < 1.29 is 14.3 Å². The molecule has 2 aliphatic rings. The van der Waals surface area contributed by atoms with Gasteiger partial charge in [-0.3, -0.25) is 4.79 Å². The minimum atomic E-state index is -0.479. The fraction of sp³-hybridized carbons (Fsp3) is 0.500. The molecule has 3 N–H and O–H groups in total. The summed E-state index contributed by atoms with van der Waals surface area (Å²) < 4.78 is 13.7. The number of rotatable bonds is 10. The first-order valence-electron chi connectivity index (χ1n) is 13.1. The predicted molar refractivity (Wildman–Crippen MR) is 142 cm³/mol. The lowest BCUT2D eigenvalue weighted by Crippen LogP contribution is -2.37. The largest absolute Gasteiger partial charge is 0.489 e.